The van der Waals surface area contributed by atoms with Gasteiger partial charge in [0, 0.05) is 57.8 Å². The maximum absolute atomic E-state index is 13.2. The number of benzene rings is 3. The number of hydrogen-bond acceptors (Lipinski definition) is 2. The summed E-state index contributed by atoms with van der Waals surface area (Å²) in [6.07, 6.45) is 1.91. The van der Waals surface area contributed by atoms with Crippen molar-refractivity contribution in [3.63, 3.8) is 0 Å². The number of nitrogens with one attached hydrogen (secondary N) is 1. The minimum absolute atomic E-state index is 0.116. The topological polar surface area (TPSA) is 39.3 Å². The van der Waals surface area contributed by atoms with Gasteiger partial charge < -0.3 is 9.88 Å². The van der Waals surface area contributed by atoms with Crippen molar-refractivity contribution in [3.05, 3.63) is 92.5 Å². The predicted octanol–water partition coefficient (Wildman–Crippen LogP) is 6.22. The molecule has 2 aliphatic rings. The van der Waals surface area contributed by atoms with E-state index in [0.717, 1.165) is 51.6 Å². The number of piperazine rings is 1. The van der Waals surface area contributed by atoms with E-state index in [4.69, 9.17) is 0 Å². The summed E-state index contributed by atoms with van der Waals surface area (Å²) in [4.78, 5) is 20.9. The van der Waals surface area contributed by atoms with Gasteiger partial charge in [0.2, 0.25) is 0 Å². The third-order valence-electron chi connectivity index (χ3n) is 6.67. The first-order valence-electron chi connectivity index (χ1n) is 10.8. The maximum atomic E-state index is 13.2. The summed E-state index contributed by atoms with van der Waals surface area (Å²) in [5, 5.41) is 1.07. The van der Waals surface area contributed by atoms with Gasteiger partial charge in [-0.25, -0.2) is 0 Å². The fourth-order valence-electron chi connectivity index (χ4n) is 5.12. The summed E-state index contributed by atoms with van der Waals surface area (Å²) in [6, 6.07) is 21.3. The lowest BCUT2D eigenvalue weighted by Crippen LogP contribution is -2.49. The summed E-state index contributed by atoms with van der Waals surface area (Å²) in [5.41, 5.74) is 7.10. The summed E-state index contributed by atoms with van der Waals surface area (Å²) < 4.78 is 2.20. The predicted molar refractivity (Wildman–Crippen MR) is 135 cm³/mol. The zero-order chi connectivity index (χ0) is 21.8. The molecule has 0 spiro atoms. The highest BCUT2D eigenvalue weighted by molar-refractivity contribution is 9.10. The van der Waals surface area contributed by atoms with Gasteiger partial charge in [0.1, 0.15) is 0 Å². The molecule has 1 saturated heterocycles. The van der Waals surface area contributed by atoms with Crippen LogP contribution in [0.5, 0.6) is 0 Å². The summed E-state index contributed by atoms with van der Waals surface area (Å²) >= 11 is 7.32. The molecular formula is C26H21Br2N3O. The van der Waals surface area contributed by atoms with Crippen molar-refractivity contribution >= 4 is 48.7 Å². The van der Waals surface area contributed by atoms with Crippen LogP contribution in [0.15, 0.2) is 75.8 Å². The van der Waals surface area contributed by atoms with E-state index < -0.39 is 0 Å². The van der Waals surface area contributed by atoms with E-state index in [-0.39, 0.29) is 11.9 Å². The second kappa shape index (κ2) is 7.87. The molecule has 0 saturated carbocycles. The Hall–Kier alpha value is -2.41. The number of nitrogens with zero attached hydrogens (tertiary/aromatic N) is 2. The van der Waals surface area contributed by atoms with Crippen LogP contribution in [-0.2, 0) is 0 Å². The molecule has 1 aliphatic carbocycles. The molecule has 0 radical (unpaired) electrons. The number of aromatic nitrogens is 1. The van der Waals surface area contributed by atoms with Crippen molar-refractivity contribution in [3.8, 4) is 11.1 Å². The number of fused-ring (bicyclic) bond motifs is 4. The molecule has 0 bridgehead atoms. The number of H-pyrrole nitrogens is 1. The zero-order valence-corrected chi connectivity index (χ0v) is 20.5. The molecule has 3 aromatic carbocycles. The van der Waals surface area contributed by atoms with E-state index in [1.165, 1.54) is 22.3 Å². The fraction of sp³-hybridized carbons (Fsp3) is 0.192. The van der Waals surface area contributed by atoms with Gasteiger partial charge in [-0.2, -0.15) is 0 Å². The van der Waals surface area contributed by atoms with Crippen LogP contribution in [-0.4, -0.2) is 46.9 Å². The molecule has 1 fully saturated rings. The SMILES string of the molecule is O=C(c1ccc2[nH]ccc2c1)N1CCN(C2c3cc(Br)ccc3-c3ccc(Br)cc32)CC1. The molecule has 1 aliphatic heterocycles. The van der Waals surface area contributed by atoms with Gasteiger partial charge in [-0.3, -0.25) is 9.69 Å². The Bertz CT molecular complexity index is 1300. The molecule has 6 rings (SSSR count). The van der Waals surface area contributed by atoms with Crippen LogP contribution >= 0.6 is 31.9 Å². The number of hydrogen-bond donors (Lipinski definition) is 1. The quantitative estimate of drug-likeness (QED) is 0.322. The molecule has 160 valence electrons. The molecular weight excluding hydrogens is 530 g/mol. The largest absolute Gasteiger partial charge is 0.361 e. The normalized spacial score (nSPS) is 16.4. The molecule has 1 aromatic heterocycles. The van der Waals surface area contributed by atoms with Crippen molar-refractivity contribution in [1.29, 1.82) is 0 Å². The van der Waals surface area contributed by atoms with E-state index in [9.17, 15) is 4.79 Å². The molecule has 2 heterocycles. The molecule has 4 aromatic rings. The molecule has 32 heavy (non-hydrogen) atoms. The Morgan fingerprint density at radius 1 is 0.812 bits per heavy atom. The number of amides is 1. The average Bonchev–Trinajstić information content (AvgIpc) is 3.39. The second-order valence-electron chi connectivity index (χ2n) is 8.47. The number of carbonyl (C=O) groups excluding carboxylic acids is 1. The van der Waals surface area contributed by atoms with Gasteiger partial charge >= 0.3 is 0 Å². The Morgan fingerprint density at radius 2 is 1.47 bits per heavy atom. The van der Waals surface area contributed by atoms with Gasteiger partial charge in [-0.05, 0) is 70.8 Å². The molecule has 4 nitrogen and oxygen atoms in total. The van der Waals surface area contributed by atoms with Gasteiger partial charge in [0.05, 0.1) is 6.04 Å². The van der Waals surface area contributed by atoms with E-state index in [1.807, 2.05) is 35.4 Å². The first-order chi connectivity index (χ1) is 15.6. The van der Waals surface area contributed by atoms with Crippen LogP contribution in [0.1, 0.15) is 27.5 Å². The highest BCUT2D eigenvalue weighted by Crippen LogP contribution is 2.48. The van der Waals surface area contributed by atoms with Crippen LogP contribution in [0, 0.1) is 0 Å². The summed E-state index contributed by atoms with van der Waals surface area (Å²) in [7, 11) is 0. The van der Waals surface area contributed by atoms with Crippen molar-refractivity contribution < 1.29 is 4.79 Å². The number of rotatable bonds is 2. The molecule has 1 amide bonds. The second-order valence-corrected chi connectivity index (χ2v) is 10.3. The fourth-order valence-corrected chi connectivity index (χ4v) is 5.88. The number of aromatic amines is 1. The van der Waals surface area contributed by atoms with Crippen LogP contribution in [0.25, 0.3) is 22.0 Å². The Kier molecular flexibility index (Phi) is 4.97. The van der Waals surface area contributed by atoms with Crippen molar-refractivity contribution in [2.45, 2.75) is 6.04 Å². The third kappa shape index (κ3) is 3.33. The number of halogens is 2. The Morgan fingerprint density at radius 3 is 2.12 bits per heavy atom. The van der Waals surface area contributed by atoms with E-state index in [0.29, 0.717) is 0 Å². The van der Waals surface area contributed by atoms with Gasteiger partial charge in [0.25, 0.3) is 5.91 Å². The first kappa shape index (κ1) is 20.2. The lowest BCUT2D eigenvalue weighted by Gasteiger charge is -2.38. The molecule has 6 heteroatoms. The smallest absolute Gasteiger partial charge is 0.253 e. The minimum atomic E-state index is 0.116. The maximum Gasteiger partial charge on any atom is 0.253 e. The van der Waals surface area contributed by atoms with Crippen molar-refractivity contribution in [2.75, 3.05) is 26.2 Å². The number of carbonyl (C=O) groups is 1. The van der Waals surface area contributed by atoms with Crippen molar-refractivity contribution in [1.82, 2.24) is 14.8 Å². The third-order valence-corrected chi connectivity index (χ3v) is 7.66. The van der Waals surface area contributed by atoms with Crippen LogP contribution in [0.3, 0.4) is 0 Å². The van der Waals surface area contributed by atoms with Crippen LogP contribution < -0.4 is 0 Å². The molecule has 1 N–H and O–H groups in total. The van der Waals surface area contributed by atoms with Gasteiger partial charge in [-0.15, -0.1) is 0 Å². The molecule has 0 unspecified atom stereocenters. The van der Waals surface area contributed by atoms with E-state index >= 15 is 0 Å². The monoisotopic (exact) mass is 549 g/mol. The highest BCUT2D eigenvalue weighted by Gasteiger charge is 2.35. The Balaban J connectivity index is 1.26. The average molecular weight is 551 g/mol. The van der Waals surface area contributed by atoms with Gasteiger partial charge in [0.15, 0.2) is 0 Å². The summed E-state index contributed by atoms with van der Waals surface area (Å²) in [5.74, 6) is 0.116. The lowest BCUT2D eigenvalue weighted by atomic mass is 10.0. The highest BCUT2D eigenvalue weighted by atomic mass is 79.9. The van der Waals surface area contributed by atoms with E-state index in [1.54, 1.807) is 0 Å². The first-order valence-corrected chi connectivity index (χ1v) is 12.4. The summed E-state index contributed by atoms with van der Waals surface area (Å²) in [6.45, 7) is 3.15. The zero-order valence-electron chi connectivity index (χ0n) is 17.3. The standard InChI is InChI=1S/C26H21Br2N3O/c27-18-2-4-20-21-5-3-19(28)15-23(21)25(22(20)14-18)30-9-11-31(12-10-30)26(32)17-1-6-24-16(13-17)7-8-29-24/h1-8,13-15,25,29H,9-12H2. The lowest BCUT2D eigenvalue weighted by molar-refractivity contribution is 0.0600. The van der Waals surface area contributed by atoms with Crippen LogP contribution in [0.2, 0.25) is 0 Å². The van der Waals surface area contributed by atoms with Crippen LogP contribution in [0.4, 0.5) is 0 Å². The molecule has 0 atom stereocenters. The minimum Gasteiger partial charge on any atom is -0.361 e. The van der Waals surface area contributed by atoms with Gasteiger partial charge in [-0.1, -0.05) is 44.0 Å². The van der Waals surface area contributed by atoms with E-state index in [2.05, 4.69) is 78.1 Å². The van der Waals surface area contributed by atoms with Crippen molar-refractivity contribution in [2.24, 2.45) is 0 Å². The Labute approximate surface area is 203 Å².